The number of hydrogen-bond donors (Lipinski definition) is 0. The number of rotatable bonds is 7. The zero-order chi connectivity index (χ0) is 22.5. The maximum atomic E-state index is 13.8. The third-order valence-corrected chi connectivity index (χ3v) is 5.87. The van der Waals surface area contributed by atoms with Crippen LogP contribution in [0.15, 0.2) is 97.1 Å². The molecule has 0 saturated heterocycles. The zero-order valence-electron chi connectivity index (χ0n) is 18.5. The molecule has 0 heterocycles. The van der Waals surface area contributed by atoms with Gasteiger partial charge in [0.25, 0.3) is 0 Å². The van der Waals surface area contributed by atoms with E-state index in [0.717, 1.165) is 23.1 Å². The van der Waals surface area contributed by atoms with E-state index in [4.69, 9.17) is 0 Å². The Morgan fingerprint density at radius 2 is 1.09 bits per heavy atom. The van der Waals surface area contributed by atoms with Crippen LogP contribution in [-0.4, -0.2) is 11.6 Å². The molecule has 0 N–H and O–H groups in total. The number of carbonyl (C=O) groups is 2. The highest BCUT2D eigenvalue weighted by atomic mass is 16.1. The van der Waals surface area contributed by atoms with Crippen molar-refractivity contribution in [2.75, 3.05) is 0 Å². The predicted octanol–water partition coefficient (Wildman–Crippen LogP) is 6.94. The Morgan fingerprint density at radius 3 is 1.59 bits per heavy atom. The van der Waals surface area contributed by atoms with Gasteiger partial charge >= 0.3 is 0 Å². The highest BCUT2D eigenvalue weighted by Crippen LogP contribution is 2.33. The van der Waals surface area contributed by atoms with Gasteiger partial charge in [-0.05, 0) is 35.1 Å². The Kier molecular flexibility index (Phi) is 6.42. The fourth-order valence-electron chi connectivity index (χ4n) is 4.06. The van der Waals surface area contributed by atoms with Crippen molar-refractivity contribution in [2.24, 2.45) is 0 Å². The molecule has 0 aliphatic rings. The van der Waals surface area contributed by atoms with Gasteiger partial charge in [-0.2, -0.15) is 0 Å². The van der Waals surface area contributed by atoms with Crippen LogP contribution in [0.1, 0.15) is 56.8 Å². The lowest BCUT2D eigenvalue weighted by atomic mass is 9.83. The summed E-state index contributed by atoms with van der Waals surface area (Å²) in [5.74, 6) is -0.247. The first-order valence-electron chi connectivity index (χ1n) is 11.1. The summed E-state index contributed by atoms with van der Waals surface area (Å²) >= 11 is 0. The Bertz CT molecular complexity index is 1240. The van der Waals surface area contributed by atoms with Gasteiger partial charge in [-0.3, -0.25) is 9.59 Å². The second kappa shape index (κ2) is 9.57. The van der Waals surface area contributed by atoms with Gasteiger partial charge in [-0.1, -0.05) is 111 Å². The molecule has 2 nitrogen and oxygen atoms in total. The van der Waals surface area contributed by atoms with Crippen molar-refractivity contribution < 1.29 is 9.59 Å². The molecule has 0 aliphatic heterocycles. The highest BCUT2D eigenvalue weighted by molar-refractivity contribution is 6.22. The molecule has 0 amide bonds. The Labute approximate surface area is 189 Å². The zero-order valence-corrected chi connectivity index (χ0v) is 18.5. The van der Waals surface area contributed by atoms with E-state index >= 15 is 0 Å². The molecule has 4 aromatic rings. The van der Waals surface area contributed by atoms with Crippen molar-refractivity contribution in [3.8, 4) is 11.1 Å². The van der Waals surface area contributed by atoms with Crippen LogP contribution in [0.3, 0.4) is 0 Å². The molecule has 158 valence electrons. The second-order valence-corrected chi connectivity index (χ2v) is 7.82. The SMILES string of the molecule is CCc1ccc(-c2ccc(CC)c(C(=O)c3ccccc3)c2C(=O)c2ccccc2)cc1. The topological polar surface area (TPSA) is 34.1 Å². The van der Waals surface area contributed by atoms with E-state index in [0.29, 0.717) is 28.7 Å². The molecule has 0 spiro atoms. The Hall–Kier alpha value is -3.78. The third kappa shape index (κ3) is 4.17. The van der Waals surface area contributed by atoms with Crippen LogP contribution in [0.5, 0.6) is 0 Å². The van der Waals surface area contributed by atoms with Gasteiger partial charge in [-0.15, -0.1) is 0 Å². The van der Waals surface area contributed by atoms with Crippen molar-refractivity contribution >= 4 is 11.6 Å². The molecule has 0 radical (unpaired) electrons. The van der Waals surface area contributed by atoms with Crippen molar-refractivity contribution in [3.63, 3.8) is 0 Å². The van der Waals surface area contributed by atoms with Crippen LogP contribution in [-0.2, 0) is 12.8 Å². The summed E-state index contributed by atoms with van der Waals surface area (Å²) in [5, 5.41) is 0. The maximum Gasteiger partial charge on any atom is 0.194 e. The van der Waals surface area contributed by atoms with Crippen molar-refractivity contribution in [1.29, 1.82) is 0 Å². The van der Waals surface area contributed by atoms with E-state index in [1.54, 1.807) is 12.1 Å². The number of benzene rings is 4. The molecule has 32 heavy (non-hydrogen) atoms. The first-order valence-corrected chi connectivity index (χ1v) is 11.1. The summed E-state index contributed by atoms with van der Waals surface area (Å²) in [5.41, 5.74) is 5.99. The van der Waals surface area contributed by atoms with Crippen LogP contribution >= 0.6 is 0 Å². The second-order valence-electron chi connectivity index (χ2n) is 7.82. The first kappa shape index (κ1) is 21.5. The lowest BCUT2D eigenvalue weighted by Crippen LogP contribution is -2.15. The maximum absolute atomic E-state index is 13.8. The lowest BCUT2D eigenvalue weighted by molar-refractivity contribution is 0.100. The van der Waals surface area contributed by atoms with Gasteiger partial charge in [0.05, 0.1) is 0 Å². The summed E-state index contributed by atoms with van der Waals surface area (Å²) in [6, 6.07) is 30.6. The smallest absolute Gasteiger partial charge is 0.194 e. The van der Waals surface area contributed by atoms with Gasteiger partial charge in [0.2, 0.25) is 0 Å². The summed E-state index contributed by atoms with van der Waals surface area (Å²) in [6.07, 6.45) is 1.61. The van der Waals surface area contributed by atoms with Crippen LogP contribution in [0.25, 0.3) is 11.1 Å². The predicted molar refractivity (Wildman–Crippen MR) is 130 cm³/mol. The van der Waals surface area contributed by atoms with E-state index < -0.39 is 0 Å². The number of aryl methyl sites for hydroxylation is 2. The number of hydrogen-bond acceptors (Lipinski definition) is 2. The van der Waals surface area contributed by atoms with Gasteiger partial charge in [0.1, 0.15) is 0 Å². The molecule has 0 fully saturated rings. The molecule has 0 unspecified atom stereocenters. The minimum absolute atomic E-state index is 0.117. The fourth-order valence-corrected chi connectivity index (χ4v) is 4.06. The van der Waals surface area contributed by atoms with Gasteiger partial charge in [0, 0.05) is 22.3 Å². The molecular formula is C30H26O2. The van der Waals surface area contributed by atoms with E-state index in [-0.39, 0.29) is 11.6 Å². The van der Waals surface area contributed by atoms with Gasteiger partial charge in [0.15, 0.2) is 11.6 Å². The quantitative estimate of drug-likeness (QED) is 0.305. The minimum Gasteiger partial charge on any atom is -0.289 e. The van der Waals surface area contributed by atoms with Crippen LogP contribution in [0.4, 0.5) is 0 Å². The molecule has 0 saturated carbocycles. The molecular weight excluding hydrogens is 392 g/mol. The van der Waals surface area contributed by atoms with Gasteiger partial charge in [-0.25, -0.2) is 0 Å². The van der Waals surface area contributed by atoms with E-state index in [9.17, 15) is 9.59 Å². The molecule has 4 rings (SSSR count). The van der Waals surface area contributed by atoms with Crippen LogP contribution in [0.2, 0.25) is 0 Å². The monoisotopic (exact) mass is 418 g/mol. The van der Waals surface area contributed by atoms with Crippen molar-refractivity contribution in [3.05, 3.63) is 130 Å². The Balaban J connectivity index is 2.00. The highest BCUT2D eigenvalue weighted by Gasteiger charge is 2.26. The van der Waals surface area contributed by atoms with Crippen molar-refractivity contribution in [2.45, 2.75) is 26.7 Å². The molecule has 0 atom stereocenters. The van der Waals surface area contributed by atoms with Gasteiger partial charge < -0.3 is 0 Å². The standard InChI is InChI=1S/C30H26O2/c1-3-21-15-17-23(18-16-21)26-20-19-22(4-2)27(29(31)24-11-7-5-8-12-24)28(26)30(32)25-13-9-6-10-14-25/h5-20H,3-4H2,1-2H3. The largest absolute Gasteiger partial charge is 0.289 e. The third-order valence-electron chi connectivity index (χ3n) is 5.87. The van der Waals surface area contributed by atoms with Crippen LogP contribution in [0, 0.1) is 0 Å². The Morgan fingerprint density at radius 1 is 0.562 bits per heavy atom. The minimum atomic E-state index is -0.130. The van der Waals surface area contributed by atoms with E-state index in [2.05, 4.69) is 19.1 Å². The molecule has 0 aromatic heterocycles. The number of ketones is 2. The number of carbonyl (C=O) groups excluding carboxylic acids is 2. The van der Waals surface area contributed by atoms with E-state index in [1.165, 1.54) is 5.56 Å². The first-order chi connectivity index (χ1) is 15.6. The summed E-state index contributed by atoms with van der Waals surface area (Å²) in [6.45, 7) is 4.13. The van der Waals surface area contributed by atoms with Crippen LogP contribution < -0.4 is 0 Å². The normalized spacial score (nSPS) is 10.7. The summed E-state index contributed by atoms with van der Waals surface area (Å²) in [7, 11) is 0. The molecule has 0 bridgehead atoms. The summed E-state index contributed by atoms with van der Waals surface area (Å²) < 4.78 is 0. The summed E-state index contributed by atoms with van der Waals surface area (Å²) in [4.78, 5) is 27.6. The average Bonchev–Trinajstić information content (AvgIpc) is 2.88. The lowest BCUT2D eigenvalue weighted by Gasteiger charge is -2.18. The van der Waals surface area contributed by atoms with E-state index in [1.807, 2.05) is 79.7 Å². The average molecular weight is 419 g/mol. The molecule has 4 aromatic carbocycles. The molecule has 0 aliphatic carbocycles. The van der Waals surface area contributed by atoms with Crippen molar-refractivity contribution in [1.82, 2.24) is 0 Å². The molecule has 2 heteroatoms. The fraction of sp³-hybridized carbons (Fsp3) is 0.133.